The minimum atomic E-state index is -0.858. The molecular weight excluding hydrogens is 312 g/mol. The fourth-order valence-corrected chi connectivity index (χ4v) is 1.96. The predicted octanol–water partition coefficient (Wildman–Crippen LogP) is 2.50. The standard InChI is InChI=1S/C13H17BrN2O3/c1-9(5-6-12(17)18)16-13(19)15-8-10-3-2-4-11(14)7-10/h2-4,7,9H,5-6,8H2,1H3,(H,17,18)(H2,15,16,19). The third-order valence-corrected chi connectivity index (χ3v) is 3.00. The molecule has 0 radical (unpaired) electrons. The third kappa shape index (κ3) is 6.81. The van der Waals surface area contributed by atoms with Gasteiger partial charge >= 0.3 is 12.0 Å². The molecule has 0 bridgehead atoms. The highest BCUT2D eigenvalue weighted by Gasteiger charge is 2.08. The van der Waals surface area contributed by atoms with E-state index in [0.29, 0.717) is 13.0 Å². The van der Waals surface area contributed by atoms with Gasteiger partial charge in [0.2, 0.25) is 0 Å². The van der Waals surface area contributed by atoms with Gasteiger partial charge in [-0.05, 0) is 31.0 Å². The van der Waals surface area contributed by atoms with Gasteiger partial charge in [-0.25, -0.2) is 4.79 Å². The first-order chi connectivity index (χ1) is 8.97. The van der Waals surface area contributed by atoms with Crippen LogP contribution in [0.1, 0.15) is 25.3 Å². The fraction of sp³-hybridized carbons (Fsp3) is 0.385. The first kappa shape index (κ1) is 15.5. The molecule has 1 rings (SSSR count). The van der Waals surface area contributed by atoms with Crippen LogP contribution in [0.3, 0.4) is 0 Å². The van der Waals surface area contributed by atoms with E-state index in [1.165, 1.54) is 0 Å². The molecule has 0 heterocycles. The van der Waals surface area contributed by atoms with Crippen LogP contribution in [0.4, 0.5) is 4.79 Å². The Morgan fingerprint density at radius 3 is 2.79 bits per heavy atom. The quantitative estimate of drug-likeness (QED) is 0.750. The van der Waals surface area contributed by atoms with Crippen LogP contribution >= 0.6 is 15.9 Å². The summed E-state index contributed by atoms with van der Waals surface area (Å²) in [6, 6.07) is 7.19. The summed E-state index contributed by atoms with van der Waals surface area (Å²) in [4.78, 5) is 22.0. The van der Waals surface area contributed by atoms with Crippen molar-refractivity contribution in [3.05, 3.63) is 34.3 Å². The summed E-state index contributed by atoms with van der Waals surface area (Å²) in [5, 5.41) is 14.0. The van der Waals surface area contributed by atoms with Crippen LogP contribution in [0.25, 0.3) is 0 Å². The van der Waals surface area contributed by atoms with Crippen molar-refractivity contribution >= 4 is 27.9 Å². The molecule has 1 unspecified atom stereocenters. The predicted molar refractivity (Wildman–Crippen MR) is 75.8 cm³/mol. The Morgan fingerprint density at radius 2 is 2.16 bits per heavy atom. The average Bonchev–Trinajstić information content (AvgIpc) is 2.34. The number of carbonyl (C=O) groups is 2. The Bertz CT molecular complexity index is 451. The number of rotatable bonds is 6. The van der Waals surface area contributed by atoms with Gasteiger partial charge in [-0.3, -0.25) is 4.79 Å². The largest absolute Gasteiger partial charge is 0.481 e. The van der Waals surface area contributed by atoms with Crippen molar-refractivity contribution < 1.29 is 14.7 Å². The second-order valence-electron chi connectivity index (χ2n) is 4.29. The van der Waals surface area contributed by atoms with E-state index >= 15 is 0 Å². The van der Waals surface area contributed by atoms with Gasteiger partial charge in [0.05, 0.1) is 0 Å². The molecule has 6 heteroatoms. The number of urea groups is 1. The van der Waals surface area contributed by atoms with Gasteiger partial charge in [0.25, 0.3) is 0 Å². The normalized spacial score (nSPS) is 11.7. The molecule has 0 aliphatic carbocycles. The number of carboxylic acids is 1. The lowest BCUT2D eigenvalue weighted by Crippen LogP contribution is -2.40. The Labute approximate surface area is 120 Å². The fourth-order valence-electron chi connectivity index (χ4n) is 1.52. The molecule has 1 atom stereocenters. The SMILES string of the molecule is CC(CCC(=O)O)NC(=O)NCc1cccc(Br)c1. The lowest BCUT2D eigenvalue weighted by atomic mass is 10.2. The number of nitrogens with one attached hydrogen (secondary N) is 2. The maximum Gasteiger partial charge on any atom is 0.315 e. The van der Waals surface area contributed by atoms with Gasteiger partial charge in [-0.2, -0.15) is 0 Å². The number of carbonyl (C=O) groups excluding carboxylic acids is 1. The molecule has 0 saturated heterocycles. The molecule has 0 aliphatic rings. The molecule has 19 heavy (non-hydrogen) atoms. The summed E-state index contributed by atoms with van der Waals surface area (Å²) in [5.74, 6) is -0.858. The topological polar surface area (TPSA) is 78.4 Å². The second-order valence-corrected chi connectivity index (χ2v) is 5.21. The van der Waals surface area contributed by atoms with E-state index < -0.39 is 5.97 Å². The third-order valence-electron chi connectivity index (χ3n) is 2.51. The number of carboxylic acid groups (broad SMARTS) is 1. The van der Waals surface area contributed by atoms with Crippen LogP contribution in [0.2, 0.25) is 0 Å². The van der Waals surface area contributed by atoms with E-state index in [0.717, 1.165) is 10.0 Å². The molecule has 0 fully saturated rings. The van der Waals surface area contributed by atoms with E-state index in [1.807, 2.05) is 24.3 Å². The van der Waals surface area contributed by atoms with Crippen LogP contribution in [0, 0.1) is 0 Å². The molecule has 0 spiro atoms. The van der Waals surface area contributed by atoms with E-state index in [2.05, 4.69) is 26.6 Å². The molecular formula is C13H17BrN2O3. The lowest BCUT2D eigenvalue weighted by Gasteiger charge is -2.13. The van der Waals surface area contributed by atoms with Crippen molar-refractivity contribution in [3.8, 4) is 0 Å². The van der Waals surface area contributed by atoms with Crippen molar-refractivity contribution in [1.29, 1.82) is 0 Å². The van der Waals surface area contributed by atoms with Gasteiger partial charge in [-0.1, -0.05) is 28.1 Å². The second kappa shape index (κ2) is 7.78. The summed E-state index contributed by atoms with van der Waals surface area (Å²) >= 11 is 3.36. The Hall–Kier alpha value is -1.56. The number of hydrogen-bond donors (Lipinski definition) is 3. The smallest absolute Gasteiger partial charge is 0.315 e. The molecule has 0 saturated carbocycles. The molecule has 104 valence electrons. The highest BCUT2D eigenvalue weighted by atomic mass is 79.9. The maximum absolute atomic E-state index is 11.6. The first-order valence-electron chi connectivity index (χ1n) is 5.98. The van der Waals surface area contributed by atoms with Gasteiger partial charge in [-0.15, -0.1) is 0 Å². The van der Waals surface area contributed by atoms with Crippen LogP contribution < -0.4 is 10.6 Å². The minimum Gasteiger partial charge on any atom is -0.481 e. The summed E-state index contributed by atoms with van der Waals surface area (Å²) in [5.41, 5.74) is 0.989. The molecule has 0 aliphatic heterocycles. The van der Waals surface area contributed by atoms with Crippen LogP contribution in [0.5, 0.6) is 0 Å². The number of amides is 2. The van der Waals surface area contributed by atoms with Crippen molar-refractivity contribution in [1.82, 2.24) is 10.6 Å². The molecule has 2 amide bonds. The monoisotopic (exact) mass is 328 g/mol. The van der Waals surface area contributed by atoms with Crippen molar-refractivity contribution in [2.75, 3.05) is 0 Å². The molecule has 0 aromatic heterocycles. The van der Waals surface area contributed by atoms with Crippen molar-refractivity contribution in [3.63, 3.8) is 0 Å². The summed E-state index contributed by atoms with van der Waals surface area (Å²) in [6.07, 6.45) is 0.465. The maximum atomic E-state index is 11.6. The highest BCUT2D eigenvalue weighted by Crippen LogP contribution is 2.11. The van der Waals surface area contributed by atoms with E-state index in [1.54, 1.807) is 6.92 Å². The molecule has 3 N–H and O–H groups in total. The zero-order valence-electron chi connectivity index (χ0n) is 10.6. The van der Waals surface area contributed by atoms with Crippen LogP contribution in [-0.2, 0) is 11.3 Å². The summed E-state index contributed by atoms with van der Waals surface area (Å²) in [6.45, 7) is 2.21. The van der Waals surface area contributed by atoms with Crippen LogP contribution in [0.15, 0.2) is 28.7 Å². The molecule has 1 aromatic carbocycles. The van der Waals surface area contributed by atoms with Gasteiger partial charge < -0.3 is 15.7 Å². The van der Waals surface area contributed by atoms with Gasteiger partial charge in [0, 0.05) is 23.5 Å². The molecule has 1 aromatic rings. The zero-order valence-corrected chi connectivity index (χ0v) is 12.2. The number of halogens is 1. The highest BCUT2D eigenvalue weighted by molar-refractivity contribution is 9.10. The lowest BCUT2D eigenvalue weighted by molar-refractivity contribution is -0.137. The zero-order chi connectivity index (χ0) is 14.3. The Balaban J connectivity index is 2.29. The molecule has 5 nitrogen and oxygen atoms in total. The van der Waals surface area contributed by atoms with E-state index in [4.69, 9.17) is 5.11 Å². The average molecular weight is 329 g/mol. The number of aliphatic carboxylic acids is 1. The Kier molecular flexibility index (Phi) is 6.35. The van der Waals surface area contributed by atoms with Gasteiger partial charge in [0.1, 0.15) is 0 Å². The summed E-state index contributed by atoms with van der Waals surface area (Å²) in [7, 11) is 0. The van der Waals surface area contributed by atoms with Crippen molar-refractivity contribution in [2.45, 2.75) is 32.4 Å². The van der Waals surface area contributed by atoms with Gasteiger partial charge in [0.15, 0.2) is 0 Å². The summed E-state index contributed by atoms with van der Waals surface area (Å²) < 4.78 is 0.960. The van der Waals surface area contributed by atoms with E-state index in [9.17, 15) is 9.59 Å². The van der Waals surface area contributed by atoms with E-state index in [-0.39, 0.29) is 18.5 Å². The number of benzene rings is 1. The number of hydrogen-bond acceptors (Lipinski definition) is 2. The first-order valence-corrected chi connectivity index (χ1v) is 6.77. The van der Waals surface area contributed by atoms with Crippen LogP contribution in [-0.4, -0.2) is 23.1 Å². The van der Waals surface area contributed by atoms with Crippen molar-refractivity contribution in [2.24, 2.45) is 0 Å². The Morgan fingerprint density at radius 1 is 1.42 bits per heavy atom. The minimum absolute atomic E-state index is 0.0487.